The number of pyridine rings is 1. The van der Waals surface area contributed by atoms with Crippen LogP contribution in [0.2, 0.25) is 5.15 Å². The maximum absolute atomic E-state index is 12.3. The van der Waals surface area contributed by atoms with Crippen LogP contribution in [0.4, 0.5) is 5.13 Å². The van der Waals surface area contributed by atoms with E-state index in [4.69, 9.17) is 16.3 Å². The van der Waals surface area contributed by atoms with Gasteiger partial charge >= 0.3 is 0 Å². The van der Waals surface area contributed by atoms with Gasteiger partial charge in [0.1, 0.15) is 10.8 Å². The molecule has 0 bridgehead atoms. The van der Waals surface area contributed by atoms with E-state index >= 15 is 0 Å². The van der Waals surface area contributed by atoms with Crippen molar-refractivity contribution in [3.8, 4) is 0 Å². The molecule has 0 radical (unpaired) electrons. The lowest BCUT2D eigenvalue weighted by atomic mass is 10.1. The number of hydrogen-bond acceptors (Lipinski definition) is 7. The van der Waals surface area contributed by atoms with Crippen LogP contribution in [0.5, 0.6) is 0 Å². The highest BCUT2D eigenvalue weighted by molar-refractivity contribution is 7.13. The van der Waals surface area contributed by atoms with E-state index in [0.29, 0.717) is 29.4 Å². The first kappa shape index (κ1) is 18.6. The van der Waals surface area contributed by atoms with Crippen molar-refractivity contribution in [1.82, 2.24) is 20.8 Å². The molecule has 1 fully saturated rings. The highest BCUT2D eigenvalue weighted by atomic mass is 35.5. The molecule has 2 N–H and O–H groups in total. The predicted molar refractivity (Wildman–Crippen MR) is 107 cm³/mol. The second-order valence-electron chi connectivity index (χ2n) is 6.06. The molecule has 0 saturated carbocycles. The lowest BCUT2D eigenvalue weighted by Gasteiger charge is -2.25. The monoisotopic (exact) mass is 417 g/mol. The summed E-state index contributed by atoms with van der Waals surface area (Å²) in [6.45, 7) is 2.77. The van der Waals surface area contributed by atoms with Crippen LogP contribution in [0.1, 0.15) is 20.8 Å². The molecule has 8 nitrogen and oxygen atoms in total. The molecule has 1 saturated heterocycles. The summed E-state index contributed by atoms with van der Waals surface area (Å²) in [5, 5.41) is 3.59. The summed E-state index contributed by atoms with van der Waals surface area (Å²) >= 11 is 7.25. The van der Waals surface area contributed by atoms with Crippen LogP contribution in [0, 0.1) is 0 Å². The van der Waals surface area contributed by atoms with E-state index in [-0.39, 0.29) is 5.69 Å². The van der Waals surface area contributed by atoms with Crippen molar-refractivity contribution in [3.63, 3.8) is 0 Å². The number of morpholine rings is 1. The fourth-order valence-corrected chi connectivity index (χ4v) is 3.77. The molecule has 144 valence electrons. The van der Waals surface area contributed by atoms with E-state index in [1.807, 2.05) is 0 Å². The van der Waals surface area contributed by atoms with E-state index < -0.39 is 11.8 Å². The summed E-state index contributed by atoms with van der Waals surface area (Å²) in [6, 6.07) is 8.43. The van der Waals surface area contributed by atoms with Gasteiger partial charge in [0.25, 0.3) is 11.8 Å². The van der Waals surface area contributed by atoms with Gasteiger partial charge in [0, 0.05) is 29.4 Å². The van der Waals surface area contributed by atoms with Crippen LogP contribution in [-0.4, -0.2) is 48.1 Å². The Morgan fingerprint density at radius 2 is 1.86 bits per heavy atom. The van der Waals surface area contributed by atoms with Gasteiger partial charge in [-0.05, 0) is 30.3 Å². The number of nitrogens with zero attached hydrogens (tertiary/aromatic N) is 3. The number of ether oxygens (including phenoxy) is 1. The second-order valence-corrected chi connectivity index (χ2v) is 7.29. The van der Waals surface area contributed by atoms with E-state index in [9.17, 15) is 9.59 Å². The molecule has 3 aromatic rings. The molecule has 0 aliphatic carbocycles. The summed E-state index contributed by atoms with van der Waals surface area (Å²) < 4.78 is 5.31. The Morgan fingerprint density at radius 3 is 2.68 bits per heavy atom. The molecule has 0 unspecified atom stereocenters. The Hall–Kier alpha value is -2.75. The van der Waals surface area contributed by atoms with Crippen molar-refractivity contribution in [2.24, 2.45) is 0 Å². The average Bonchev–Trinajstić information content (AvgIpc) is 3.22. The number of nitrogens with one attached hydrogen (secondary N) is 2. The van der Waals surface area contributed by atoms with Crippen molar-refractivity contribution < 1.29 is 14.3 Å². The Bertz CT molecular complexity index is 1030. The minimum absolute atomic E-state index is 0.254. The van der Waals surface area contributed by atoms with E-state index in [2.05, 4.69) is 25.7 Å². The van der Waals surface area contributed by atoms with Crippen molar-refractivity contribution in [2.45, 2.75) is 0 Å². The van der Waals surface area contributed by atoms with E-state index in [0.717, 1.165) is 23.6 Å². The number of thiazole rings is 1. The molecule has 1 aromatic carbocycles. The minimum atomic E-state index is -0.474. The Kier molecular flexibility index (Phi) is 5.38. The molecule has 2 aromatic heterocycles. The first-order valence-electron chi connectivity index (χ1n) is 8.55. The fourth-order valence-electron chi connectivity index (χ4n) is 2.76. The second kappa shape index (κ2) is 8.09. The van der Waals surface area contributed by atoms with Crippen LogP contribution < -0.4 is 15.8 Å². The molecular formula is C18H16ClN5O3S. The quantitative estimate of drug-likeness (QED) is 0.501. The van der Waals surface area contributed by atoms with Gasteiger partial charge in [-0.15, -0.1) is 11.3 Å². The lowest BCUT2D eigenvalue weighted by Crippen LogP contribution is -2.41. The average molecular weight is 418 g/mol. The standard InChI is InChI=1S/C18H16ClN5O3S/c19-15-4-2-11-9-12(1-3-13(11)20-15)16(25)22-23-17(26)14-10-28-18(21-14)24-5-7-27-8-6-24/h1-4,9-10H,5-8H2,(H,22,25)(H,23,26). The van der Waals surface area contributed by atoms with Crippen LogP contribution in [0.15, 0.2) is 35.7 Å². The number of carbonyl (C=O) groups is 2. The number of anilines is 1. The highest BCUT2D eigenvalue weighted by Gasteiger charge is 2.18. The topological polar surface area (TPSA) is 96.5 Å². The van der Waals surface area contributed by atoms with Gasteiger partial charge in [-0.25, -0.2) is 9.97 Å². The molecule has 4 rings (SSSR count). The van der Waals surface area contributed by atoms with Crippen LogP contribution in [0.25, 0.3) is 10.9 Å². The normalized spacial score (nSPS) is 14.1. The number of hydrazine groups is 1. The van der Waals surface area contributed by atoms with Gasteiger partial charge in [0.05, 0.1) is 18.7 Å². The maximum atomic E-state index is 12.3. The largest absolute Gasteiger partial charge is 0.378 e. The van der Waals surface area contributed by atoms with Gasteiger partial charge in [-0.2, -0.15) is 0 Å². The SMILES string of the molecule is O=C(NNC(=O)c1csc(N2CCOCC2)n1)c1ccc2nc(Cl)ccc2c1. The van der Waals surface area contributed by atoms with Gasteiger partial charge in [-0.3, -0.25) is 20.4 Å². The third kappa shape index (κ3) is 4.06. The Balaban J connectivity index is 1.38. The van der Waals surface area contributed by atoms with Crippen molar-refractivity contribution >= 4 is 50.8 Å². The lowest BCUT2D eigenvalue weighted by molar-refractivity contribution is 0.0844. The smallest absolute Gasteiger partial charge is 0.289 e. The van der Waals surface area contributed by atoms with Crippen molar-refractivity contribution in [3.05, 3.63) is 52.1 Å². The number of fused-ring (bicyclic) bond motifs is 1. The molecule has 0 atom stereocenters. The Labute approximate surface area is 169 Å². The molecule has 2 amide bonds. The van der Waals surface area contributed by atoms with Crippen LogP contribution in [0.3, 0.4) is 0 Å². The summed E-state index contributed by atoms with van der Waals surface area (Å²) in [6.07, 6.45) is 0. The molecule has 1 aliphatic rings. The number of aromatic nitrogens is 2. The van der Waals surface area contributed by atoms with Crippen molar-refractivity contribution in [1.29, 1.82) is 0 Å². The molecule has 28 heavy (non-hydrogen) atoms. The zero-order valence-corrected chi connectivity index (χ0v) is 16.2. The molecule has 3 heterocycles. The third-order valence-electron chi connectivity index (χ3n) is 4.21. The first-order valence-corrected chi connectivity index (χ1v) is 9.81. The number of hydrogen-bond donors (Lipinski definition) is 2. The van der Waals surface area contributed by atoms with E-state index in [1.165, 1.54) is 11.3 Å². The minimum Gasteiger partial charge on any atom is -0.378 e. The summed E-state index contributed by atoms with van der Waals surface area (Å²) in [7, 11) is 0. The van der Waals surface area contributed by atoms with Gasteiger partial charge < -0.3 is 9.64 Å². The summed E-state index contributed by atoms with van der Waals surface area (Å²) in [5.41, 5.74) is 6.14. The molecule has 1 aliphatic heterocycles. The predicted octanol–water partition coefficient (Wildman–Crippen LogP) is 2.26. The molecular weight excluding hydrogens is 402 g/mol. The summed E-state index contributed by atoms with van der Waals surface area (Å²) in [4.78, 5) is 35.2. The van der Waals surface area contributed by atoms with Crippen molar-refractivity contribution in [2.75, 3.05) is 31.2 Å². The number of halogens is 1. The van der Waals surface area contributed by atoms with Crippen LogP contribution >= 0.6 is 22.9 Å². The van der Waals surface area contributed by atoms with E-state index in [1.54, 1.807) is 35.7 Å². The fraction of sp³-hybridized carbons (Fsp3) is 0.222. The zero-order chi connectivity index (χ0) is 19.5. The van der Waals surface area contributed by atoms with Gasteiger partial charge in [0.15, 0.2) is 5.13 Å². The number of carbonyl (C=O) groups excluding carboxylic acids is 2. The van der Waals surface area contributed by atoms with Crippen LogP contribution in [-0.2, 0) is 4.74 Å². The molecule has 0 spiro atoms. The number of benzene rings is 1. The number of amides is 2. The maximum Gasteiger partial charge on any atom is 0.289 e. The highest BCUT2D eigenvalue weighted by Crippen LogP contribution is 2.21. The summed E-state index contributed by atoms with van der Waals surface area (Å²) in [5.74, 6) is -0.910. The zero-order valence-electron chi connectivity index (χ0n) is 14.6. The third-order valence-corrected chi connectivity index (χ3v) is 5.33. The van der Waals surface area contributed by atoms with Gasteiger partial charge in [0.2, 0.25) is 0 Å². The molecule has 10 heteroatoms. The first-order chi connectivity index (χ1) is 13.6. The Morgan fingerprint density at radius 1 is 1.07 bits per heavy atom. The number of rotatable bonds is 3. The van der Waals surface area contributed by atoms with Gasteiger partial charge in [-0.1, -0.05) is 11.6 Å².